The number of aryl methyl sites for hydroxylation is 3. The van der Waals surface area contributed by atoms with E-state index in [1.54, 1.807) is 26.0 Å². The van der Waals surface area contributed by atoms with E-state index in [1.807, 2.05) is 19.1 Å². The third-order valence-electron chi connectivity index (χ3n) is 3.55. The third kappa shape index (κ3) is 2.69. The van der Waals surface area contributed by atoms with E-state index in [9.17, 15) is 8.42 Å². The Morgan fingerprint density at radius 3 is 2.19 bits per heavy atom. The predicted molar refractivity (Wildman–Crippen MR) is 82.8 cm³/mol. The Kier molecular flexibility index (Phi) is 4.11. The molecule has 0 bridgehead atoms. The Labute approximate surface area is 125 Å². The van der Waals surface area contributed by atoms with Gasteiger partial charge in [0.15, 0.2) is 0 Å². The van der Waals surface area contributed by atoms with Crippen LogP contribution < -0.4 is 10.0 Å². The molecule has 2 N–H and O–H groups in total. The Hall–Kier alpha value is -1.79. The van der Waals surface area contributed by atoms with Crippen LogP contribution in [-0.4, -0.2) is 15.5 Å². The van der Waals surface area contributed by atoms with Crippen LogP contribution in [0.4, 0.5) is 5.69 Å². The van der Waals surface area contributed by atoms with Gasteiger partial charge in [-0.25, -0.2) is 8.42 Å². The summed E-state index contributed by atoms with van der Waals surface area (Å²) in [5.74, 6) is 0.915. The molecule has 0 amide bonds. The Balaban J connectivity index is 2.54. The van der Waals surface area contributed by atoms with E-state index in [2.05, 4.69) is 0 Å². The molecule has 1 heterocycles. The van der Waals surface area contributed by atoms with Crippen LogP contribution in [0.1, 0.15) is 22.6 Å². The zero-order valence-corrected chi connectivity index (χ0v) is 13.5. The molecular formula is C15H20N2O3S. The summed E-state index contributed by atoms with van der Waals surface area (Å²) in [6.45, 7) is 5.44. The van der Waals surface area contributed by atoms with Crippen LogP contribution in [0.2, 0.25) is 0 Å². The fraction of sp³-hybridized carbons (Fsp3) is 0.333. The van der Waals surface area contributed by atoms with Crippen molar-refractivity contribution in [1.82, 2.24) is 0 Å². The monoisotopic (exact) mass is 308 g/mol. The van der Waals surface area contributed by atoms with Gasteiger partial charge in [0.2, 0.25) is 0 Å². The molecule has 2 rings (SSSR count). The maximum absolute atomic E-state index is 12.8. The molecule has 0 saturated carbocycles. The van der Waals surface area contributed by atoms with Crippen LogP contribution in [0, 0.1) is 20.8 Å². The molecule has 0 spiro atoms. The van der Waals surface area contributed by atoms with Crippen LogP contribution in [-0.2, 0) is 16.6 Å². The average Bonchev–Trinajstić information content (AvgIpc) is 2.73. The topological polar surface area (TPSA) is 76.5 Å². The molecule has 1 aromatic heterocycles. The van der Waals surface area contributed by atoms with Crippen molar-refractivity contribution >= 4 is 15.7 Å². The molecule has 0 aliphatic heterocycles. The van der Waals surface area contributed by atoms with Gasteiger partial charge in [0.1, 0.15) is 16.4 Å². The van der Waals surface area contributed by atoms with Gasteiger partial charge in [-0.2, -0.15) is 0 Å². The molecule has 0 fully saturated rings. The zero-order valence-electron chi connectivity index (χ0n) is 12.7. The van der Waals surface area contributed by atoms with Gasteiger partial charge in [0, 0.05) is 19.2 Å². The highest BCUT2D eigenvalue weighted by Gasteiger charge is 2.30. The lowest BCUT2D eigenvalue weighted by Gasteiger charge is -2.20. The molecule has 0 aliphatic carbocycles. The molecular weight excluding hydrogens is 288 g/mol. The second kappa shape index (κ2) is 5.54. The summed E-state index contributed by atoms with van der Waals surface area (Å²) < 4.78 is 32.4. The highest BCUT2D eigenvalue weighted by Crippen LogP contribution is 2.30. The maximum Gasteiger partial charge on any atom is 0.267 e. The number of rotatable bonds is 4. The van der Waals surface area contributed by atoms with Crippen molar-refractivity contribution < 1.29 is 12.8 Å². The largest absolute Gasteiger partial charge is 0.465 e. The molecule has 114 valence electrons. The van der Waals surface area contributed by atoms with Gasteiger partial charge >= 0.3 is 0 Å². The number of anilines is 1. The minimum absolute atomic E-state index is 0.124. The number of nitrogens with zero attached hydrogens (tertiary/aromatic N) is 1. The molecule has 21 heavy (non-hydrogen) atoms. The smallest absolute Gasteiger partial charge is 0.267 e. The van der Waals surface area contributed by atoms with E-state index < -0.39 is 10.0 Å². The summed E-state index contributed by atoms with van der Waals surface area (Å²) in [7, 11) is -2.17. The van der Waals surface area contributed by atoms with Crippen molar-refractivity contribution in [1.29, 1.82) is 0 Å². The number of hydrogen-bond acceptors (Lipinski definition) is 4. The lowest BCUT2D eigenvalue weighted by Crippen LogP contribution is -2.28. The van der Waals surface area contributed by atoms with Crippen LogP contribution in [0.25, 0.3) is 0 Å². The first-order valence-corrected chi connectivity index (χ1v) is 8.07. The third-order valence-corrected chi connectivity index (χ3v) is 5.53. The first-order valence-electron chi connectivity index (χ1n) is 6.63. The van der Waals surface area contributed by atoms with Crippen molar-refractivity contribution in [3.63, 3.8) is 0 Å². The van der Waals surface area contributed by atoms with Crippen LogP contribution in [0.3, 0.4) is 0 Å². The molecule has 1 aromatic carbocycles. The van der Waals surface area contributed by atoms with Crippen LogP contribution >= 0.6 is 0 Å². The number of benzene rings is 1. The van der Waals surface area contributed by atoms with Gasteiger partial charge in [-0.05, 0) is 32.9 Å². The minimum Gasteiger partial charge on any atom is -0.465 e. The molecule has 0 unspecified atom stereocenters. The Morgan fingerprint density at radius 2 is 1.67 bits per heavy atom. The van der Waals surface area contributed by atoms with Crippen LogP contribution in [0.5, 0.6) is 0 Å². The highest BCUT2D eigenvalue weighted by molar-refractivity contribution is 7.92. The molecule has 0 radical (unpaired) electrons. The normalized spacial score (nSPS) is 11.7. The SMILES string of the molecule is Cc1ccc(N(C)S(=O)(=O)c2c(C)oc(C)c2CN)cc1. The molecule has 0 atom stereocenters. The lowest BCUT2D eigenvalue weighted by atomic mass is 10.2. The number of nitrogens with two attached hydrogens (primary N) is 1. The van der Waals surface area contributed by atoms with Crippen molar-refractivity contribution in [3.8, 4) is 0 Å². The second-order valence-corrected chi connectivity index (χ2v) is 6.94. The Bertz CT molecular complexity index is 746. The highest BCUT2D eigenvalue weighted by atomic mass is 32.2. The minimum atomic E-state index is -3.70. The van der Waals surface area contributed by atoms with E-state index in [4.69, 9.17) is 10.2 Å². The number of hydrogen-bond donors (Lipinski definition) is 1. The second-order valence-electron chi connectivity index (χ2n) is 5.03. The van der Waals surface area contributed by atoms with E-state index >= 15 is 0 Å². The van der Waals surface area contributed by atoms with E-state index in [0.29, 0.717) is 22.8 Å². The fourth-order valence-corrected chi connectivity index (χ4v) is 3.93. The standard InChI is InChI=1S/C15H20N2O3S/c1-10-5-7-13(8-6-10)17(4)21(18,19)15-12(3)20-11(2)14(15)9-16/h5-8H,9,16H2,1-4H3. The molecule has 0 aliphatic rings. The van der Waals surface area contributed by atoms with E-state index in [-0.39, 0.29) is 11.4 Å². The van der Waals surface area contributed by atoms with Gasteiger partial charge in [-0.3, -0.25) is 4.31 Å². The van der Waals surface area contributed by atoms with Crippen molar-refractivity contribution in [2.45, 2.75) is 32.2 Å². The molecule has 5 nitrogen and oxygen atoms in total. The van der Waals surface area contributed by atoms with Gasteiger partial charge in [-0.1, -0.05) is 17.7 Å². The lowest BCUT2D eigenvalue weighted by molar-refractivity contribution is 0.494. The van der Waals surface area contributed by atoms with Gasteiger partial charge < -0.3 is 10.2 Å². The van der Waals surface area contributed by atoms with Gasteiger partial charge in [0.05, 0.1) is 5.69 Å². The zero-order chi connectivity index (χ0) is 15.8. The van der Waals surface area contributed by atoms with Gasteiger partial charge in [-0.15, -0.1) is 0 Å². The summed E-state index contributed by atoms with van der Waals surface area (Å²) in [5, 5.41) is 0. The van der Waals surface area contributed by atoms with Crippen molar-refractivity contribution in [2.24, 2.45) is 5.73 Å². The van der Waals surface area contributed by atoms with Crippen molar-refractivity contribution in [2.75, 3.05) is 11.4 Å². The molecule has 0 saturated heterocycles. The van der Waals surface area contributed by atoms with E-state index in [1.165, 1.54) is 11.4 Å². The summed E-state index contributed by atoms with van der Waals surface area (Å²) in [4.78, 5) is 0.172. The maximum atomic E-state index is 12.8. The number of furan rings is 1. The molecule has 6 heteroatoms. The summed E-state index contributed by atoms with van der Waals surface area (Å²) >= 11 is 0. The van der Waals surface area contributed by atoms with Crippen molar-refractivity contribution in [3.05, 3.63) is 46.9 Å². The van der Waals surface area contributed by atoms with Gasteiger partial charge in [0.25, 0.3) is 10.0 Å². The van der Waals surface area contributed by atoms with E-state index in [0.717, 1.165) is 5.56 Å². The predicted octanol–water partition coefficient (Wildman–Crippen LogP) is 2.49. The summed E-state index contributed by atoms with van der Waals surface area (Å²) in [5.41, 5.74) is 7.88. The Morgan fingerprint density at radius 1 is 1.10 bits per heavy atom. The average molecular weight is 308 g/mol. The summed E-state index contributed by atoms with van der Waals surface area (Å²) in [6, 6.07) is 7.30. The first kappa shape index (κ1) is 15.6. The summed E-state index contributed by atoms with van der Waals surface area (Å²) in [6.07, 6.45) is 0. The quantitative estimate of drug-likeness (QED) is 0.941. The fourth-order valence-electron chi connectivity index (χ4n) is 2.31. The first-order chi connectivity index (χ1) is 9.78. The van der Waals surface area contributed by atoms with Crippen LogP contribution in [0.15, 0.2) is 33.6 Å². The number of sulfonamides is 1. The molecule has 2 aromatic rings.